The predicted octanol–water partition coefficient (Wildman–Crippen LogP) is 6.07. The van der Waals surface area contributed by atoms with Gasteiger partial charge in [-0.1, -0.05) is 42.5 Å². The molecular formula is C29H31FN4O. The summed E-state index contributed by atoms with van der Waals surface area (Å²) in [5.74, 6) is 0.201. The lowest BCUT2D eigenvalue weighted by Gasteiger charge is -2.24. The van der Waals surface area contributed by atoms with Crippen molar-refractivity contribution in [3.8, 4) is 0 Å². The Kier molecular flexibility index (Phi) is 7.60. The second-order valence-electron chi connectivity index (χ2n) is 8.49. The second-order valence-corrected chi connectivity index (χ2v) is 8.49. The van der Waals surface area contributed by atoms with Crippen LogP contribution in [0, 0.1) is 12.7 Å². The largest absolute Gasteiger partial charge is 0.372 e. The van der Waals surface area contributed by atoms with Crippen molar-refractivity contribution in [2.75, 3.05) is 22.9 Å². The Morgan fingerprint density at radius 1 is 0.857 bits per heavy atom. The Morgan fingerprint density at radius 3 is 2.11 bits per heavy atom. The summed E-state index contributed by atoms with van der Waals surface area (Å²) in [7, 11) is 0. The molecule has 180 valence electrons. The minimum absolute atomic E-state index is 0.223. The molecule has 0 atom stereocenters. The molecule has 5 nitrogen and oxygen atoms in total. The lowest BCUT2D eigenvalue weighted by atomic mass is 10.1. The Balaban J connectivity index is 1.61. The van der Waals surface area contributed by atoms with Gasteiger partial charge in [0.25, 0.3) is 5.91 Å². The zero-order valence-corrected chi connectivity index (χ0v) is 20.5. The number of hydrogen-bond donors (Lipinski definition) is 0. The normalized spacial score (nSPS) is 10.9. The van der Waals surface area contributed by atoms with Crippen LogP contribution in [0.4, 0.5) is 15.8 Å². The monoisotopic (exact) mass is 470 g/mol. The zero-order valence-electron chi connectivity index (χ0n) is 20.5. The first-order chi connectivity index (χ1) is 17.0. The van der Waals surface area contributed by atoms with Crippen molar-refractivity contribution in [1.29, 1.82) is 0 Å². The Labute approximate surface area is 206 Å². The van der Waals surface area contributed by atoms with E-state index in [-0.39, 0.29) is 11.7 Å². The fourth-order valence-corrected chi connectivity index (χ4v) is 4.17. The molecule has 0 aliphatic carbocycles. The minimum Gasteiger partial charge on any atom is -0.372 e. The number of halogens is 1. The van der Waals surface area contributed by atoms with Crippen molar-refractivity contribution in [2.24, 2.45) is 0 Å². The van der Waals surface area contributed by atoms with Crippen molar-refractivity contribution < 1.29 is 9.18 Å². The van der Waals surface area contributed by atoms with Gasteiger partial charge in [0.2, 0.25) is 0 Å². The Bertz CT molecular complexity index is 1250. The van der Waals surface area contributed by atoms with Crippen molar-refractivity contribution in [1.82, 2.24) is 9.55 Å². The highest BCUT2D eigenvalue weighted by Gasteiger charge is 2.22. The van der Waals surface area contributed by atoms with Crippen LogP contribution in [-0.4, -0.2) is 28.5 Å². The van der Waals surface area contributed by atoms with Crippen LogP contribution in [0.1, 0.15) is 41.3 Å². The molecule has 0 radical (unpaired) electrons. The summed E-state index contributed by atoms with van der Waals surface area (Å²) >= 11 is 0. The fraction of sp³-hybridized carbons (Fsp3) is 0.241. The molecular weight excluding hydrogens is 439 g/mol. The maximum Gasteiger partial charge on any atom is 0.278 e. The van der Waals surface area contributed by atoms with Crippen molar-refractivity contribution in [3.05, 3.63) is 114 Å². The van der Waals surface area contributed by atoms with Gasteiger partial charge in [-0.05, 0) is 68.3 Å². The van der Waals surface area contributed by atoms with Crippen molar-refractivity contribution >= 4 is 17.3 Å². The van der Waals surface area contributed by atoms with E-state index in [4.69, 9.17) is 0 Å². The quantitative estimate of drug-likeness (QED) is 0.298. The number of aryl methyl sites for hydroxylation is 1. The van der Waals surface area contributed by atoms with Crippen molar-refractivity contribution in [3.63, 3.8) is 0 Å². The molecule has 3 aromatic carbocycles. The molecule has 4 rings (SSSR count). The second kappa shape index (κ2) is 11.0. The van der Waals surface area contributed by atoms with E-state index in [0.717, 1.165) is 35.7 Å². The van der Waals surface area contributed by atoms with Gasteiger partial charge in [-0.3, -0.25) is 4.79 Å². The molecule has 0 spiro atoms. The third kappa shape index (κ3) is 5.77. The van der Waals surface area contributed by atoms with Crippen LogP contribution in [0.15, 0.2) is 85.1 Å². The number of benzene rings is 3. The van der Waals surface area contributed by atoms with Crippen LogP contribution >= 0.6 is 0 Å². The maximum atomic E-state index is 13.7. The molecule has 1 aromatic heterocycles. The molecule has 0 unspecified atom stereocenters. The molecule has 6 heteroatoms. The van der Waals surface area contributed by atoms with Crippen molar-refractivity contribution in [2.45, 2.75) is 33.9 Å². The summed E-state index contributed by atoms with van der Waals surface area (Å²) in [5.41, 5.74) is 4.25. The highest BCUT2D eigenvalue weighted by molar-refractivity contribution is 6.04. The van der Waals surface area contributed by atoms with Crippen LogP contribution in [0.5, 0.6) is 0 Å². The number of carbonyl (C=O) groups excluding carboxylic acids is 1. The first kappa shape index (κ1) is 24.2. The molecule has 0 bridgehead atoms. The van der Waals surface area contributed by atoms with Gasteiger partial charge in [-0.2, -0.15) is 0 Å². The zero-order chi connectivity index (χ0) is 24.8. The summed E-state index contributed by atoms with van der Waals surface area (Å²) in [6, 6.07) is 24.3. The topological polar surface area (TPSA) is 41.4 Å². The molecule has 1 heterocycles. The first-order valence-corrected chi connectivity index (χ1v) is 12.0. The number of imidazole rings is 1. The molecule has 0 N–H and O–H groups in total. The van der Waals surface area contributed by atoms with Gasteiger partial charge >= 0.3 is 0 Å². The predicted molar refractivity (Wildman–Crippen MR) is 139 cm³/mol. The smallest absolute Gasteiger partial charge is 0.278 e. The van der Waals surface area contributed by atoms with Gasteiger partial charge in [0.05, 0.1) is 6.54 Å². The lowest BCUT2D eigenvalue weighted by Crippen LogP contribution is -2.30. The van der Waals surface area contributed by atoms with E-state index in [2.05, 4.69) is 35.9 Å². The van der Waals surface area contributed by atoms with E-state index in [1.54, 1.807) is 23.2 Å². The Morgan fingerprint density at radius 2 is 1.49 bits per heavy atom. The molecule has 0 saturated carbocycles. The highest BCUT2D eigenvalue weighted by atomic mass is 19.1. The summed E-state index contributed by atoms with van der Waals surface area (Å²) in [5, 5.41) is 0. The van der Waals surface area contributed by atoms with E-state index >= 15 is 0 Å². The number of hydrogen-bond acceptors (Lipinski definition) is 3. The maximum absolute atomic E-state index is 13.7. The SMILES string of the molecule is CCN(CC)c1ccc(CN(C(=O)c2cn(Cc3ccccc3)c(C)n2)c2ccc(F)cc2)cc1. The minimum atomic E-state index is -0.340. The number of nitrogens with zero attached hydrogens (tertiary/aromatic N) is 4. The van der Waals surface area contributed by atoms with Crippen LogP contribution < -0.4 is 9.80 Å². The molecule has 0 aliphatic heterocycles. The number of amides is 1. The lowest BCUT2D eigenvalue weighted by molar-refractivity contribution is 0.0980. The van der Waals surface area contributed by atoms with Gasteiger partial charge in [0.1, 0.15) is 17.3 Å². The first-order valence-electron chi connectivity index (χ1n) is 12.0. The summed E-state index contributed by atoms with van der Waals surface area (Å²) in [6.45, 7) is 9.01. The van der Waals surface area contributed by atoms with Gasteiger partial charge in [-0.25, -0.2) is 9.37 Å². The van der Waals surface area contributed by atoms with E-state index in [1.165, 1.54) is 12.1 Å². The van der Waals surface area contributed by atoms with Gasteiger partial charge in [0.15, 0.2) is 0 Å². The van der Waals surface area contributed by atoms with Crippen LogP contribution in [0.25, 0.3) is 0 Å². The number of aromatic nitrogens is 2. The third-order valence-electron chi connectivity index (χ3n) is 6.18. The molecule has 35 heavy (non-hydrogen) atoms. The molecule has 4 aromatic rings. The standard InChI is InChI=1S/C29H31FN4O/c1-4-32(5-2)26-15-11-24(12-16-26)20-34(27-17-13-25(30)14-18-27)29(35)28-21-33(22(3)31-28)19-23-9-7-6-8-10-23/h6-18,21H,4-5,19-20H2,1-3H3. The summed E-state index contributed by atoms with van der Waals surface area (Å²) in [6.07, 6.45) is 1.80. The average molecular weight is 471 g/mol. The number of rotatable bonds is 9. The van der Waals surface area contributed by atoms with Crippen LogP contribution in [0.3, 0.4) is 0 Å². The average Bonchev–Trinajstić information content (AvgIpc) is 3.25. The van der Waals surface area contributed by atoms with Crippen LogP contribution in [-0.2, 0) is 13.1 Å². The fourth-order valence-electron chi connectivity index (χ4n) is 4.17. The molecule has 1 amide bonds. The van der Waals surface area contributed by atoms with E-state index in [0.29, 0.717) is 24.5 Å². The van der Waals surface area contributed by atoms with Crippen LogP contribution in [0.2, 0.25) is 0 Å². The summed E-state index contributed by atoms with van der Waals surface area (Å²) < 4.78 is 15.6. The van der Waals surface area contributed by atoms with Gasteiger partial charge < -0.3 is 14.4 Å². The van der Waals surface area contributed by atoms with E-state index in [9.17, 15) is 9.18 Å². The molecule has 0 aliphatic rings. The number of carbonyl (C=O) groups is 1. The highest BCUT2D eigenvalue weighted by Crippen LogP contribution is 2.23. The van der Waals surface area contributed by atoms with Gasteiger partial charge in [-0.15, -0.1) is 0 Å². The van der Waals surface area contributed by atoms with E-state index in [1.807, 2.05) is 54.0 Å². The number of anilines is 2. The molecule has 0 saturated heterocycles. The summed E-state index contributed by atoms with van der Waals surface area (Å²) in [4.78, 5) is 22.2. The Hall–Kier alpha value is -3.93. The molecule has 0 fully saturated rings. The third-order valence-corrected chi connectivity index (χ3v) is 6.18. The van der Waals surface area contributed by atoms with E-state index < -0.39 is 0 Å². The van der Waals surface area contributed by atoms with Gasteiger partial charge in [0, 0.05) is 37.2 Å².